The van der Waals surface area contributed by atoms with E-state index >= 15 is 0 Å². The largest absolute Gasteiger partial charge is 0.480 e. The molecule has 0 aromatic heterocycles. The molecular formula is C15H15NO3. The van der Waals surface area contributed by atoms with Gasteiger partial charge in [-0.2, -0.15) is 0 Å². The second-order valence-electron chi connectivity index (χ2n) is 4.30. The summed E-state index contributed by atoms with van der Waals surface area (Å²) in [4.78, 5) is 23.1. The Morgan fingerprint density at radius 2 is 1.84 bits per heavy atom. The molecule has 4 heteroatoms. The van der Waals surface area contributed by atoms with Crippen LogP contribution in [0.3, 0.4) is 0 Å². The van der Waals surface area contributed by atoms with Gasteiger partial charge >= 0.3 is 5.97 Å². The Labute approximate surface area is 111 Å². The Kier molecular flexibility index (Phi) is 3.80. The Morgan fingerprint density at radius 1 is 1.16 bits per heavy atom. The minimum absolute atomic E-state index is 0.353. The molecule has 0 aliphatic rings. The van der Waals surface area contributed by atoms with Crippen LogP contribution in [0.5, 0.6) is 0 Å². The van der Waals surface area contributed by atoms with E-state index in [1.165, 1.54) is 0 Å². The number of hydrogen-bond donors (Lipinski definition) is 2. The molecule has 0 radical (unpaired) electrons. The summed E-state index contributed by atoms with van der Waals surface area (Å²) in [6.07, 6.45) is 0.353. The fourth-order valence-corrected chi connectivity index (χ4v) is 2.00. The van der Waals surface area contributed by atoms with Crippen molar-refractivity contribution in [1.82, 2.24) is 5.32 Å². The number of carboxylic acid groups (broad SMARTS) is 1. The minimum Gasteiger partial charge on any atom is -0.480 e. The summed E-state index contributed by atoms with van der Waals surface area (Å²) in [5, 5.41) is 13.3. The number of benzene rings is 2. The molecule has 98 valence electrons. The summed E-state index contributed by atoms with van der Waals surface area (Å²) >= 11 is 0. The van der Waals surface area contributed by atoms with Crippen LogP contribution in [0.25, 0.3) is 10.8 Å². The maximum atomic E-state index is 12.2. The Bertz CT molecular complexity index is 616. The number of carbonyl (C=O) groups is 2. The first-order valence-electron chi connectivity index (χ1n) is 6.15. The SMILES string of the molecule is CCC(NC(=O)c1cccc2ccccc12)C(=O)O. The van der Waals surface area contributed by atoms with Crippen molar-refractivity contribution < 1.29 is 14.7 Å². The lowest BCUT2D eigenvalue weighted by atomic mass is 10.0. The van der Waals surface area contributed by atoms with Crippen LogP contribution in [0.1, 0.15) is 23.7 Å². The molecule has 0 aliphatic carbocycles. The first kappa shape index (κ1) is 13.1. The van der Waals surface area contributed by atoms with Crippen molar-refractivity contribution in [1.29, 1.82) is 0 Å². The molecule has 0 saturated heterocycles. The maximum absolute atomic E-state index is 12.2. The number of nitrogens with one attached hydrogen (secondary N) is 1. The molecule has 4 nitrogen and oxygen atoms in total. The van der Waals surface area contributed by atoms with E-state index in [-0.39, 0.29) is 5.91 Å². The van der Waals surface area contributed by atoms with Crippen molar-refractivity contribution in [2.45, 2.75) is 19.4 Å². The van der Waals surface area contributed by atoms with E-state index in [4.69, 9.17) is 5.11 Å². The summed E-state index contributed by atoms with van der Waals surface area (Å²) in [5.74, 6) is -1.37. The van der Waals surface area contributed by atoms with E-state index in [9.17, 15) is 9.59 Å². The molecule has 0 saturated carbocycles. The topological polar surface area (TPSA) is 66.4 Å². The van der Waals surface area contributed by atoms with Gasteiger partial charge in [-0.1, -0.05) is 43.3 Å². The van der Waals surface area contributed by atoms with Crippen molar-refractivity contribution >= 4 is 22.6 Å². The Hall–Kier alpha value is -2.36. The molecular weight excluding hydrogens is 242 g/mol. The summed E-state index contributed by atoms with van der Waals surface area (Å²) in [7, 11) is 0. The molecule has 1 atom stereocenters. The molecule has 0 aliphatic heterocycles. The van der Waals surface area contributed by atoms with Gasteiger partial charge in [0, 0.05) is 5.56 Å². The summed E-state index contributed by atoms with van der Waals surface area (Å²) in [6.45, 7) is 1.72. The molecule has 1 amide bonds. The van der Waals surface area contributed by atoms with Crippen LogP contribution in [-0.4, -0.2) is 23.0 Å². The molecule has 2 aromatic carbocycles. The lowest BCUT2D eigenvalue weighted by molar-refractivity contribution is -0.139. The van der Waals surface area contributed by atoms with Crippen LogP contribution in [0.15, 0.2) is 42.5 Å². The molecule has 19 heavy (non-hydrogen) atoms. The highest BCUT2D eigenvalue weighted by Crippen LogP contribution is 2.18. The molecule has 2 aromatic rings. The lowest BCUT2D eigenvalue weighted by Crippen LogP contribution is -2.40. The zero-order valence-corrected chi connectivity index (χ0v) is 10.6. The van der Waals surface area contributed by atoms with Crippen LogP contribution in [0.4, 0.5) is 0 Å². The van der Waals surface area contributed by atoms with Gasteiger partial charge in [0.2, 0.25) is 0 Å². The average Bonchev–Trinajstić information content (AvgIpc) is 2.43. The quantitative estimate of drug-likeness (QED) is 0.884. The number of carbonyl (C=O) groups excluding carboxylic acids is 1. The molecule has 0 spiro atoms. The smallest absolute Gasteiger partial charge is 0.326 e. The van der Waals surface area contributed by atoms with Gasteiger partial charge in [-0.15, -0.1) is 0 Å². The average molecular weight is 257 g/mol. The number of hydrogen-bond acceptors (Lipinski definition) is 2. The third-order valence-corrected chi connectivity index (χ3v) is 3.05. The molecule has 1 unspecified atom stereocenters. The monoisotopic (exact) mass is 257 g/mol. The van der Waals surface area contributed by atoms with E-state index in [0.717, 1.165) is 10.8 Å². The third-order valence-electron chi connectivity index (χ3n) is 3.05. The van der Waals surface area contributed by atoms with Crippen LogP contribution >= 0.6 is 0 Å². The molecule has 2 N–H and O–H groups in total. The maximum Gasteiger partial charge on any atom is 0.326 e. The normalized spacial score (nSPS) is 12.1. The second kappa shape index (κ2) is 5.52. The van der Waals surface area contributed by atoms with Gasteiger partial charge in [0.1, 0.15) is 6.04 Å². The number of aliphatic carboxylic acids is 1. The Morgan fingerprint density at radius 3 is 2.53 bits per heavy atom. The number of carboxylic acids is 1. The highest BCUT2D eigenvalue weighted by atomic mass is 16.4. The third kappa shape index (κ3) is 2.73. The number of amides is 1. The van der Waals surface area contributed by atoms with Gasteiger partial charge in [-0.25, -0.2) is 4.79 Å². The summed E-state index contributed by atoms with van der Waals surface area (Å²) < 4.78 is 0. The van der Waals surface area contributed by atoms with Crippen molar-refractivity contribution in [2.75, 3.05) is 0 Å². The van der Waals surface area contributed by atoms with Crippen molar-refractivity contribution in [3.8, 4) is 0 Å². The van der Waals surface area contributed by atoms with Crippen LogP contribution in [-0.2, 0) is 4.79 Å². The number of rotatable bonds is 4. The van der Waals surface area contributed by atoms with E-state index in [1.807, 2.05) is 30.3 Å². The van der Waals surface area contributed by atoms with E-state index in [1.54, 1.807) is 19.1 Å². The zero-order valence-electron chi connectivity index (χ0n) is 10.6. The highest BCUT2D eigenvalue weighted by molar-refractivity contribution is 6.07. The standard InChI is InChI=1S/C15H15NO3/c1-2-13(15(18)19)16-14(17)12-9-5-7-10-6-3-4-8-11(10)12/h3-9,13H,2H2,1H3,(H,16,17)(H,18,19). The first-order chi connectivity index (χ1) is 9.13. The van der Waals surface area contributed by atoms with Gasteiger partial charge in [0.25, 0.3) is 5.91 Å². The summed E-state index contributed by atoms with van der Waals surface area (Å²) in [6, 6.07) is 12.1. The highest BCUT2D eigenvalue weighted by Gasteiger charge is 2.19. The molecule has 0 fully saturated rings. The van der Waals surface area contributed by atoms with Crippen LogP contribution in [0.2, 0.25) is 0 Å². The van der Waals surface area contributed by atoms with Crippen molar-refractivity contribution in [2.24, 2.45) is 0 Å². The minimum atomic E-state index is -1.02. The fourth-order valence-electron chi connectivity index (χ4n) is 2.00. The Balaban J connectivity index is 2.34. The number of fused-ring (bicyclic) bond motifs is 1. The van der Waals surface area contributed by atoms with E-state index in [0.29, 0.717) is 12.0 Å². The van der Waals surface area contributed by atoms with Gasteiger partial charge in [0.15, 0.2) is 0 Å². The molecule has 0 bridgehead atoms. The van der Waals surface area contributed by atoms with Crippen molar-refractivity contribution in [3.63, 3.8) is 0 Å². The van der Waals surface area contributed by atoms with Gasteiger partial charge in [-0.05, 0) is 23.3 Å². The van der Waals surface area contributed by atoms with Gasteiger partial charge in [0.05, 0.1) is 0 Å². The second-order valence-corrected chi connectivity index (χ2v) is 4.30. The van der Waals surface area contributed by atoms with Crippen molar-refractivity contribution in [3.05, 3.63) is 48.0 Å². The van der Waals surface area contributed by atoms with E-state index in [2.05, 4.69) is 5.32 Å². The van der Waals surface area contributed by atoms with Gasteiger partial charge in [-0.3, -0.25) is 4.79 Å². The zero-order chi connectivity index (χ0) is 13.8. The molecule has 2 rings (SSSR count). The van der Waals surface area contributed by atoms with E-state index < -0.39 is 12.0 Å². The van der Waals surface area contributed by atoms with Crippen LogP contribution in [0, 0.1) is 0 Å². The molecule has 0 heterocycles. The van der Waals surface area contributed by atoms with Crippen LogP contribution < -0.4 is 5.32 Å². The fraction of sp³-hybridized carbons (Fsp3) is 0.200. The predicted octanol–water partition coefficient (Wildman–Crippen LogP) is 2.43. The first-order valence-corrected chi connectivity index (χ1v) is 6.15. The lowest BCUT2D eigenvalue weighted by Gasteiger charge is -2.13. The predicted molar refractivity (Wildman–Crippen MR) is 73.1 cm³/mol. The van der Waals surface area contributed by atoms with Gasteiger partial charge < -0.3 is 10.4 Å². The summed E-state index contributed by atoms with van der Waals surface area (Å²) in [5.41, 5.74) is 0.498.